The number of hydrogen-bond donors (Lipinski definition) is 1. The van der Waals surface area contributed by atoms with Crippen molar-refractivity contribution in [2.45, 2.75) is 6.18 Å². The number of hydrogen-bond acceptors (Lipinski definition) is 4. The Balaban J connectivity index is 1.89. The van der Waals surface area contributed by atoms with Gasteiger partial charge in [-0.15, -0.1) is 0 Å². The monoisotopic (exact) mass is 443 g/mol. The Kier molecular flexibility index (Phi) is 4.76. The van der Waals surface area contributed by atoms with Crippen LogP contribution >= 0.6 is 28.1 Å². The fourth-order valence-corrected chi connectivity index (χ4v) is 2.93. The van der Waals surface area contributed by atoms with E-state index in [0.29, 0.717) is 10.0 Å². The maximum atomic E-state index is 12.7. The van der Waals surface area contributed by atoms with Crippen LogP contribution in [0.5, 0.6) is 5.75 Å². The van der Waals surface area contributed by atoms with Gasteiger partial charge in [0, 0.05) is 0 Å². The molecular weight excluding hydrogens is 435 g/mol. The molecule has 0 spiro atoms. The van der Waals surface area contributed by atoms with Crippen LogP contribution in [0.2, 0.25) is 0 Å². The van der Waals surface area contributed by atoms with E-state index in [9.17, 15) is 23.1 Å². The van der Waals surface area contributed by atoms with Crippen LogP contribution in [0.15, 0.2) is 52.7 Å². The lowest BCUT2D eigenvalue weighted by atomic mass is 10.1. The van der Waals surface area contributed by atoms with Crippen molar-refractivity contribution in [3.63, 3.8) is 0 Å². The minimum Gasteiger partial charge on any atom is -0.507 e. The summed E-state index contributed by atoms with van der Waals surface area (Å²) in [5.74, 6) is -0.640. The number of ether oxygens (including phenoxy) is 1. The first-order valence-corrected chi connectivity index (χ1v) is 8.30. The molecule has 4 nitrogen and oxygen atoms in total. The van der Waals surface area contributed by atoms with Crippen LogP contribution < -0.4 is 4.90 Å². The molecule has 2 aromatic carbocycles. The molecule has 0 radical (unpaired) electrons. The molecule has 1 amide bonds. The van der Waals surface area contributed by atoms with E-state index in [4.69, 9.17) is 17.0 Å². The first-order chi connectivity index (χ1) is 12.2. The molecule has 9 heteroatoms. The van der Waals surface area contributed by atoms with Gasteiger partial charge in [0.2, 0.25) is 0 Å². The van der Waals surface area contributed by atoms with Crippen molar-refractivity contribution in [3.8, 4) is 5.75 Å². The van der Waals surface area contributed by atoms with Gasteiger partial charge in [-0.3, -0.25) is 4.79 Å². The number of carbonyl (C=O) groups is 1. The normalized spacial score (nSPS) is 16.3. The number of alkyl halides is 3. The van der Waals surface area contributed by atoms with Crippen molar-refractivity contribution in [1.29, 1.82) is 0 Å². The first-order valence-electron chi connectivity index (χ1n) is 7.10. The molecule has 1 heterocycles. The minimum absolute atomic E-state index is 0.0349. The van der Waals surface area contributed by atoms with Crippen LogP contribution in [0.3, 0.4) is 0 Å². The standard InChI is InChI=1S/C17H9BrF3NO3S/c18-12-7-9(1-6-13(12)23)8-14-15(24)22(16(26)25-14)11-4-2-10(3-5-11)17(19,20)21/h1-8,23H/b14-8+. The second-order valence-corrected chi connectivity index (χ2v) is 6.48. The average Bonchev–Trinajstić information content (AvgIpc) is 2.84. The van der Waals surface area contributed by atoms with Crippen LogP contribution in [0, 0.1) is 0 Å². The Bertz CT molecular complexity index is 926. The molecular formula is C17H9BrF3NO3S. The molecule has 1 saturated heterocycles. The number of benzene rings is 2. The van der Waals surface area contributed by atoms with Gasteiger partial charge in [0.1, 0.15) is 5.75 Å². The van der Waals surface area contributed by atoms with Crippen LogP contribution in [0.1, 0.15) is 11.1 Å². The Labute approximate surface area is 159 Å². The van der Waals surface area contributed by atoms with E-state index >= 15 is 0 Å². The Hall–Kier alpha value is -2.39. The van der Waals surface area contributed by atoms with E-state index in [1.807, 2.05) is 0 Å². The summed E-state index contributed by atoms with van der Waals surface area (Å²) < 4.78 is 43.7. The highest BCUT2D eigenvalue weighted by Crippen LogP contribution is 2.33. The van der Waals surface area contributed by atoms with E-state index in [2.05, 4.69) is 15.9 Å². The van der Waals surface area contributed by atoms with Gasteiger partial charge in [-0.25, -0.2) is 4.90 Å². The van der Waals surface area contributed by atoms with Crippen LogP contribution in [-0.4, -0.2) is 16.2 Å². The number of amides is 1. The van der Waals surface area contributed by atoms with Crippen molar-refractivity contribution in [3.05, 3.63) is 63.8 Å². The van der Waals surface area contributed by atoms with E-state index in [1.165, 1.54) is 12.1 Å². The molecule has 1 fully saturated rings. The lowest BCUT2D eigenvalue weighted by Crippen LogP contribution is -2.28. The molecule has 0 bridgehead atoms. The molecule has 0 unspecified atom stereocenters. The molecule has 1 aliphatic rings. The van der Waals surface area contributed by atoms with Gasteiger partial charge in [-0.05, 0) is 76.2 Å². The minimum atomic E-state index is -4.47. The van der Waals surface area contributed by atoms with E-state index in [1.54, 1.807) is 12.1 Å². The van der Waals surface area contributed by atoms with Crippen molar-refractivity contribution >= 4 is 51.0 Å². The quantitative estimate of drug-likeness (QED) is 0.531. The summed E-state index contributed by atoms with van der Waals surface area (Å²) in [5.41, 5.74) is -0.0946. The summed E-state index contributed by atoms with van der Waals surface area (Å²) in [6.07, 6.45) is -3.05. The number of aromatic hydroxyl groups is 1. The van der Waals surface area contributed by atoms with E-state index in [-0.39, 0.29) is 22.4 Å². The lowest BCUT2D eigenvalue weighted by Gasteiger charge is -2.13. The molecule has 3 rings (SSSR count). The zero-order valence-electron chi connectivity index (χ0n) is 12.7. The van der Waals surface area contributed by atoms with Gasteiger partial charge in [0.15, 0.2) is 5.76 Å². The number of rotatable bonds is 2. The molecule has 2 aromatic rings. The smallest absolute Gasteiger partial charge is 0.416 e. The zero-order chi connectivity index (χ0) is 19.1. The number of carbonyl (C=O) groups excluding carboxylic acids is 1. The Morgan fingerprint density at radius 2 is 1.81 bits per heavy atom. The first kappa shape index (κ1) is 18.4. The summed E-state index contributed by atoms with van der Waals surface area (Å²) in [4.78, 5) is 13.5. The van der Waals surface area contributed by atoms with Crippen molar-refractivity contribution < 1.29 is 27.8 Å². The summed E-state index contributed by atoms with van der Waals surface area (Å²) in [6, 6.07) is 8.60. The maximum Gasteiger partial charge on any atom is 0.416 e. The summed E-state index contributed by atoms with van der Waals surface area (Å²) in [7, 11) is 0. The van der Waals surface area contributed by atoms with Gasteiger partial charge in [0.25, 0.3) is 5.17 Å². The van der Waals surface area contributed by atoms with Gasteiger partial charge in [0.05, 0.1) is 15.7 Å². The SMILES string of the molecule is O=C1/C(=C\c2ccc(O)c(Br)c2)OC(=S)N1c1ccc(C(F)(F)F)cc1. The number of phenols is 1. The highest BCUT2D eigenvalue weighted by Gasteiger charge is 2.36. The predicted molar refractivity (Wildman–Crippen MR) is 96.4 cm³/mol. The van der Waals surface area contributed by atoms with Crippen molar-refractivity contribution in [1.82, 2.24) is 0 Å². The largest absolute Gasteiger partial charge is 0.507 e. The third-order valence-corrected chi connectivity index (χ3v) is 4.42. The zero-order valence-corrected chi connectivity index (χ0v) is 15.2. The number of thiocarbonyl (C=S) groups is 1. The number of halogens is 4. The molecule has 0 saturated carbocycles. The van der Waals surface area contributed by atoms with Crippen LogP contribution in [0.25, 0.3) is 6.08 Å². The highest BCUT2D eigenvalue weighted by molar-refractivity contribution is 9.10. The summed E-state index contributed by atoms with van der Waals surface area (Å²) in [5, 5.41) is 9.31. The molecule has 0 aliphatic carbocycles. The fraction of sp³-hybridized carbons (Fsp3) is 0.0588. The van der Waals surface area contributed by atoms with Gasteiger partial charge >= 0.3 is 12.1 Å². The van der Waals surface area contributed by atoms with E-state index < -0.39 is 17.6 Å². The number of nitrogens with zero attached hydrogens (tertiary/aromatic N) is 1. The summed E-state index contributed by atoms with van der Waals surface area (Å²) >= 11 is 8.18. The fourth-order valence-electron chi connectivity index (χ4n) is 2.25. The number of anilines is 1. The van der Waals surface area contributed by atoms with E-state index in [0.717, 1.165) is 29.2 Å². The van der Waals surface area contributed by atoms with Crippen molar-refractivity contribution in [2.24, 2.45) is 0 Å². The third-order valence-electron chi connectivity index (χ3n) is 3.52. The Morgan fingerprint density at radius 3 is 2.38 bits per heavy atom. The second kappa shape index (κ2) is 6.73. The maximum absolute atomic E-state index is 12.7. The van der Waals surface area contributed by atoms with Gasteiger partial charge in [-0.2, -0.15) is 13.2 Å². The van der Waals surface area contributed by atoms with Crippen LogP contribution in [-0.2, 0) is 15.7 Å². The molecule has 0 aromatic heterocycles. The topological polar surface area (TPSA) is 49.8 Å². The van der Waals surface area contributed by atoms with Gasteiger partial charge in [-0.1, -0.05) is 6.07 Å². The Morgan fingerprint density at radius 1 is 1.15 bits per heavy atom. The third kappa shape index (κ3) is 3.58. The molecule has 1 N–H and O–H groups in total. The van der Waals surface area contributed by atoms with Gasteiger partial charge < -0.3 is 9.84 Å². The average molecular weight is 444 g/mol. The predicted octanol–water partition coefficient (Wildman–Crippen LogP) is 4.86. The second-order valence-electron chi connectivity index (χ2n) is 5.27. The number of phenolic OH excluding ortho intramolecular Hbond substituents is 1. The molecule has 1 aliphatic heterocycles. The van der Waals surface area contributed by atoms with Crippen molar-refractivity contribution in [2.75, 3.05) is 4.90 Å². The molecule has 26 heavy (non-hydrogen) atoms. The lowest BCUT2D eigenvalue weighted by molar-refractivity contribution is -0.137. The molecule has 134 valence electrons. The summed E-state index contributed by atoms with van der Waals surface area (Å²) in [6.45, 7) is 0. The van der Waals surface area contributed by atoms with Crippen LogP contribution in [0.4, 0.5) is 18.9 Å². The molecule has 0 atom stereocenters. The highest BCUT2D eigenvalue weighted by atomic mass is 79.9.